The molecule has 10 nitrogen and oxygen atoms in total. The molecule has 0 N–H and O–H groups in total. The summed E-state index contributed by atoms with van der Waals surface area (Å²) in [6.45, 7) is 10.6. The van der Waals surface area contributed by atoms with Gasteiger partial charge in [0.1, 0.15) is 22.6 Å². The predicted octanol–water partition coefficient (Wildman–Crippen LogP) is 4.09. The number of nitrogens with zero attached hydrogens (tertiary/aromatic N) is 4. The molecule has 1 amide bonds. The molecule has 0 radical (unpaired) electrons. The van der Waals surface area contributed by atoms with E-state index in [2.05, 4.69) is 4.99 Å². The standard InChI is InChI=1S/C30H34N4O6/c1-6-38-22-13-11-21(12-14-22)28(35)32-27-24(30(37)39-7-2)18-23-26(33(27)16-9-17-40-19(3)4)31-25-20(5)10-8-15-34(25)29(23)36/h8,10-15,18-19H,6-7,9,16-17H2,1-5H3. The van der Waals surface area contributed by atoms with E-state index in [-0.39, 0.29) is 34.7 Å². The topological polar surface area (TPSA) is 113 Å². The van der Waals surface area contributed by atoms with Crippen molar-refractivity contribution in [1.82, 2.24) is 14.0 Å². The van der Waals surface area contributed by atoms with E-state index in [0.717, 1.165) is 5.56 Å². The molecule has 0 saturated heterocycles. The van der Waals surface area contributed by atoms with Crippen molar-refractivity contribution < 1.29 is 23.8 Å². The molecule has 4 aromatic rings. The summed E-state index contributed by atoms with van der Waals surface area (Å²) in [7, 11) is 0. The zero-order chi connectivity index (χ0) is 28.8. The van der Waals surface area contributed by atoms with E-state index >= 15 is 0 Å². The first kappa shape index (κ1) is 28.7. The van der Waals surface area contributed by atoms with Gasteiger partial charge in [0.25, 0.3) is 11.5 Å². The first-order valence-electron chi connectivity index (χ1n) is 13.4. The molecular weight excluding hydrogens is 512 g/mol. The minimum Gasteiger partial charge on any atom is -0.494 e. The van der Waals surface area contributed by atoms with Crippen molar-refractivity contribution in [2.24, 2.45) is 4.99 Å². The lowest BCUT2D eigenvalue weighted by molar-refractivity contribution is 0.0523. The van der Waals surface area contributed by atoms with E-state index in [1.807, 2.05) is 33.8 Å². The molecule has 3 aromatic heterocycles. The van der Waals surface area contributed by atoms with Gasteiger partial charge in [0.05, 0.1) is 24.7 Å². The normalized spacial score (nSPS) is 11.9. The average molecular weight is 547 g/mol. The van der Waals surface area contributed by atoms with Gasteiger partial charge in [-0.25, -0.2) is 9.78 Å². The number of aryl methyl sites for hydroxylation is 2. The average Bonchev–Trinajstić information content (AvgIpc) is 2.93. The lowest BCUT2D eigenvalue weighted by atomic mass is 10.2. The Kier molecular flexibility index (Phi) is 9.11. The van der Waals surface area contributed by atoms with Crippen LogP contribution in [0.3, 0.4) is 0 Å². The maximum absolute atomic E-state index is 13.6. The molecule has 0 saturated carbocycles. The fourth-order valence-corrected chi connectivity index (χ4v) is 4.34. The third-order valence-corrected chi connectivity index (χ3v) is 6.20. The lowest BCUT2D eigenvalue weighted by Gasteiger charge is -2.16. The van der Waals surface area contributed by atoms with Crippen LogP contribution in [0.1, 0.15) is 60.4 Å². The third-order valence-electron chi connectivity index (χ3n) is 6.20. The molecule has 10 heteroatoms. The van der Waals surface area contributed by atoms with Crippen molar-refractivity contribution in [1.29, 1.82) is 0 Å². The van der Waals surface area contributed by atoms with Gasteiger partial charge >= 0.3 is 5.97 Å². The maximum atomic E-state index is 13.6. The van der Waals surface area contributed by atoms with Crippen LogP contribution in [-0.4, -0.2) is 51.8 Å². The first-order chi connectivity index (χ1) is 19.2. The smallest absolute Gasteiger partial charge is 0.341 e. The number of hydrogen-bond donors (Lipinski definition) is 0. The van der Waals surface area contributed by atoms with Crippen LogP contribution in [0.2, 0.25) is 0 Å². The van der Waals surface area contributed by atoms with Crippen molar-refractivity contribution in [2.45, 2.75) is 53.7 Å². The highest BCUT2D eigenvalue weighted by atomic mass is 16.5. The van der Waals surface area contributed by atoms with Crippen LogP contribution >= 0.6 is 0 Å². The Balaban J connectivity index is 2.01. The highest BCUT2D eigenvalue weighted by Crippen LogP contribution is 2.16. The molecule has 1 aromatic carbocycles. The van der Waals surface area contributed by atoms with E-state index < -0.39 is 11.9 Å². The molecule has 0 aliphatic heterocycles. The van der Waals surface area contributed by atoms with E-state index in [9.17, 15) is 14.4 Å². The SMILES string of the molecule is CCOC(=O)c1cc2c(=O)n3cccc(C)c3nc2n(CCCOC(C)C)c1=NC(=O)c1ccc(OCC)cc1. The van der Waals surface area contributed by atoms with Crippen molar-refractivity contribution in [3.63, 3.8) is 0 Å². The second-order valence-electron chi connectivity index (χ2n) is 9.44. The van der Waals surface area contributed by atoms with E-state index in [0.29, 0.717) is 48.8 Å². The van der Waals surface area contributed by atoms with Gasteiger partial charge in [-0.05, 0) is 83.0 Å². The second kappa shape index (κ2) is 12.7. The molecule has 0 atom stereocenters. The molecule has 210 valence electrons. The van der Waals surface area contributed by atoms with Crippen molar-refractivity contribution in [3.05, 3.63) is 81.2 Å². The molecule has 0 unspecified atom stereocenters. The van der Waals surface area contributed by atoms with Gasteiger partial charge in [0.2, 0.25) is 0 Å². The van der Waals surface area contributed by atoms with Gasteiger partial charge in [0, 0.05) is 24.9 Å². The third kappa shape index (κ3) is 6.12. The fourth-order valence-electron chi connectivity index (χ4n) is 4.34. The molecule has 0 aliphatic carbocycles. The number of amides is 1. The van der Waals surface area contributed by atoms with Crippen LogP contribution in [0, 0.1) is 6.92 Å². The Morgan fingerprint density at radius 3 is 2.48 bits per heavy atom. The highest BCUT2D eigenvalue weighted by molar-refractivity contribution is 5.97. The molecule has 0 fully saturated rings. The number of pyridine rings is 2. The van der Waals surface area contributed by atoms with Gasteiger partial charge < -0.3 is 18.8 Å². The molecule has 0 bridgehead atoms. The summed E-state index contributed by atoms with van der Waals surface area (Å²) in [6.07, 6.45) is 2.20. The molecule has 0 spiro atoms. The number of benzene rings is 1. The molecule has 3 heterocycles. The minimum absolute atomic E-state index is 0.00455. The lowest BCUT2D eigenvalue weighted by Crippen LogP contribution is -2.33. The number of rotatable bonds is 10. The van der Waals surface area contributed by atoms with Gasteiger partial charge in [0.15, 0.2) is 5.49 Å². The summed E-state index contributed by atoms with van der Waals surface area (Å²) in [4.78, 5) is 49.4. The van der Waals surface area contributed by atoms with E-state index in [4.69, 9.17) is 19.2 Å². The van der Waals surface area contributed by atoms with Crippen LogP contribution in [0.15, 0.2) is 58.4 Å². The van der Waals surface area contributed by atoms with Crippen LogP contribution in [0.25, 0.3) is 16.7 Å². The Morgan fingerprint density at radius 2 is 1.80 bits per heavy atom. The van der Waals surface area contributed by atoms with E-state index in [1.54, 1.807) is 48.0 Å². The summed E-state index contributed by atoms with van der Waals surface area (Å²) in [5, 5.41) is 0.211. The number of carbonyl (C=O) groups is 2. The van der Waals surface area contributed by atoms with Crippen molar-refractivity contribution in [2.75, 3.05) is 19.8 Å². The van der Waals surface area contributed by atoms with Gasteiger partial charge in [-0.1, -0.05) is 6.07 Å². The minimum atomic E-state index is -0.691. The number of fused-ring (bicyclic) bond motifs is 2. The van der Waals surface area contributed by atoms with Crippen molar-refractivity contribution in [3.8, 4) is 5.75 Å². The highest BCUT2D eigenvalue weighted by Gasteiger charge is 2.21. The van der Waals surface area contributed by atoms with Crippen LogP contribution in [0.4, 0.5) is 0 Å². The van der Waals surface area contributed by atoms with Crippen LogP contribution in [0.5, 0.6) is 5.75 Å². The molecule has 4 rings (SSSR count). The van der Waals surface area contributed by atoms with Crippen molar-refractivity contribution >= 4 is 28.6 Å². The number of ether oxygens (including phenoxy) is 3. The largest absolute Gasteiger partial charge is 0.494 e. The number of hydrogen-bond acceptors (Lipinski definition) is 7. The van der Waals surface area contributed by atoms with Gasteiger partial charge in [-0.3, -0.25) is 14.0 Å². The summed E-state index contributed by atoms with van der Waals surface area (Å²) in [5.41, 5.74) is 1.63. The molecule has 0 aliphatic rings. The first-order valence-corrected chi connectivity index (χ1v) is 13.4. The summed E-state index contributed by atoms with van der Waals surface area (Å²) in [6, 6.07) is 11.7. The van der Waals surface area contributed by atoms with Crippen LogP contribution < -0.4 is 15.8 Å². The van der Waals surface area contributed by atoms with Crippen LogP contribution in [-0.2, 0) is 16.0 Å². The summed E-state index contributed by atoms with van der Waals surface area (Å²) >= 11 is 0. The Bertz CT molecular complexity index is 1670. The van der Waals surface area contributed by atoms with E-state index in [1.165, 1.54) is 10.5 Å². The summed E-state index contributed by atoms with van der Waals surface area (Å²) in [5.74, 6) is -0.624. The molecular formula is C30H34N4O6. The summed E-state index contributed by atoms with van der Waals surface area (Å²) < 4.78 is 19.6. The molecule has 40 heavy (non-hydrogen) atoms. The predicted molar refractivity (Wildman–Crippen MR) is 151 cm³/mol. The number of carbonyl (C=O) groups excluding carboxylic acids is 2. The fraction of sp³-hybridized carbons (Fsp3) is 0.367. The number of esters is 1. The zero-order valence-electron chi connectivity index (χ0n) is 23.5. The Labute approximate surface area is 231 Å². The quantitative estimate of drug-likeness (QED) is 0.167. The zero-order valence-corrected chi connectivity index (χ0v) is 23.5. The second-order valence-corrected chi connectivity index (χ2v) is 9.44. The Morgan fingerprint density at radius 1 is 1.05 bits per heavy atom. The monoisotopic (exact) mass is 546 g/mol. The number of aromatic nitrogens is 3. The Hall–Kier alpha value is -4.31. The van der Waals surface area contributed by atoms with Gasteiger partial charge in [-0.15, -0.1) is 0 Å². The maximum Gasteiger partial charge on any atom is 0.341 e. The van der Waals surface area contributed by atoms with Gasteiger partial charge in [-0.2, -0.15) is 4.99 Å².